The quantitative estimate of drug-likeness (QED) is 0.274. The third kappa shape index (κ3) is 6.26. The molecule has 4 rings (SSSR count). The second-order valence-corrected chi connectivity index (χ2v) is 9.09. The molecule has 0 amide bonds. The molecule has 4 aromatic rings. The summed E-state index contributed by atoms with van der Waals surface area (Å²) in [6.07, 6.45) is 0. The van der Waals surface area contributed by atoms with Crippen molar-refractivity contribution in [3.63, 3.8) is 0 Å². The fourth-order valence-electron chi connectivity index (χ4n) is 2.53. The minimum absolute atomic E-state index is 1.10. The van der Waals surface area contributed by atoms with Crippen molar-refractivity contribution < 1.29 is 0 Å². The molecule has 5 heteroatoms. The summed E-state index contributed by atoms with van der Waals surface area (Å²) in [5.74, 6) is 0. The maximum Gasteiger partial charge on any atom is 0.0443 e. The van der Waals surface area contributed by atoms with Crippen LogP contribution in [0.4, 0.5) is 11.4 Å². The van der Waals surface area contributed by atoms with Crippen LogP contribution in [0.25, 0.3) is 0 Å². The number of nitrogens with one attached hydrogen (secondary N) is 2. The van der Waals surface area contributed by atoms with Crippen LogP contribution in [-0.4, -0.2) is 0 Å². The van der Waals surface area contributed by atoms with Gasteiger partial charge in [0.25, 0.3) is 0 Å². The highest BCUT2D eigenvalue weighted by atomic mass is 32.2. The van der Waals surface area contributed by atoms with E-state index in [1.807, 2.05) is 36.4 Å². The van der Waals surface area contributed by atoms with Gasteiger partial charge in [-0.3, -0.25) is 0 Å². The zero-order chi connectivity index (χ0) is 19.7. The third-order valence-electron chi connectivity index (χ3n) is 4.00. The molecule has 0 saturated carbocycles. The molecule has 0 aromatic heterocycles. The van der Waals surface area contributed by atoms with Crippen molar-refractivity contribution in [3.8, 4) is 0 Å². The molecule has 0 fully saturated rings. The maximum absolute atomic E-state index is 3.38. The molecule has 0 unspecified atom stereocenters. The summed E-state index contributed by atoms with van der Waals surface area (Å²) < 4.78 is 6.77. The first-order valence-electron chi connectivity index (χ1n) is 9.19. The summed E-state index contributed by atoms with van der Waals surface area (Å²) in [5.41, 5.74) is 2.20. The van der Waals surface area contributed by atoms with Crippen molar-refractivity contribution in [3.05, 3.63) is 109 Å². The molecule has 0 bridgehead atoms. The highest BCUT2D eigenvalue weighted by Crippen LogP contribution is 2.31. The van der Waals surface area contributed by atoms with Crippen LogP contribution in [0.5, 0.6) is 0 Å². The van der Waals surface area contributed by atoms with Gasteiger partial charge in [-0.25, -0.2) is 0 Å². The number of hydrogen-bond donors (Lipinski definition) is 2. The summed E-state index contributed by atoms with van der Waals surface area (Å²) >= 11 is 5.01. The zero-order valence-corrected chi connectivity index (χ0v) is 18.1. The average molecular weight is 433 g/mol. The Labute approximate surface area is 184 Å². The first-order valence-corrected chi connectivity index (χ1v) is 11.6. The fourth-order valence-corrected chi connectivity index (χ4v) is 4.68. The van der Waals surface area contributed by atoms with Gasteiger partial charge in [0.15, 0.2) is 0 Å². The van der Waals surface area contributed by atoms with Gasteiger partial charge < -0.3 is 9.44 Å². The second kappa shape index (κ2) is 10.3. The molecule has 4 aromatic carbocycles. The zero-order valence-electron chi connectivity index (χ0n) is 15.6. The first-order chi connectivity index (χ1) is 14.3. The van der Waals surface area contributed by atoms with Crippen LogP contribution in [-0.2, 0) is 0 Å². The van der Waals surface area contributed by atoms with Gasteiger partial charge in [0.05, 0.1) is 0 Å². The van der Waals surface area contributed by atoms with E-state index < -0.39 is 0 Å². The Kier molecular flexibility index (Phi) is 7.08. The van der Waals surface area contributed by atoms with Crippen molar-refractivity contribution in [1.82, 2.24) is 0 Å². The highest BCUT2D eigenvalue weighted by molar-refractivity contribution is 8.01. The lowest BCUT2D eigenvalue weighted by molar-refractivity contribution is 1.40. The molecule has 0 aliphatic carbocycles. The van der Waals surface area contributed by atoms with Crippen LogP contribution in [0, 0.1) is 0 Å². The topological polar surface area (TPSA) is 24.1 Å². The molecule has 2 N–H and O–H groups in total. The Morgan fingerprint density at radius 3 is 1.14 bits per heavy atom. The Balaban J connectivity index is 1.28. The Hall–Kier alpha value is -2.47. The van der Waals surface area contributed by atoms with E-state index in [2.05, 4.69) is 82.2 Å². The average Bonchev–Trinajstić information content (AvgIpc) is 2.80. The molecule has 2 nitrogen and oxygen atoms in total. The van der Waals surface area contributed by atoms with Gasteiger partial charge in [-0.15, -0.1) is 0 Å². The standard InChI is InChI=1S/C24H20N2S3/c1-3-7-23(8-4-1)28-25-19-11-15-21(16-12-19)27-22-17-13-20(14-18-22)26-29-24-9-5-2-6-10-24/h1-18,25-26H. The van der Waals surface area contributed by atoms with Gasteiger partial charge in [0, 0.05) is 31.0 Å². The molecular formula is C24H20N2S3. The van der Waals surface area contributed by atoms with Crippen LogP contribution in [0.1, 0.15) is 0 Å². The van der Waals surface area contributed by atoms with Crippen molar-refractivity contribution in [2.45, 2.75) is 19.6 Å². The third-order valence-corrected chi connectivity index (χ3v) is 6.71. The SMILES string of the molecule is c1ccc(SNc2ccc(Sc3ccc(NSc4ccccc4)cc3)cc2)cc1. The van der Waals surface area contributed by atoms with E-state index in [0.29, 0.717) is 0 Å². The van der Waals surface area contributed by atoms with E-state index in [1.165, 1.54) is 19.6 Å². The molecule has 0 heterocycles. The van der Waals surface area contributed by atoms with E-state index in [9.17, 15) is 0 Å². The normalized spacial score (nSPS) is 10.5. The van der Waals surface area contributed by atoms with E-state index in [-0.39, 0.29) is 0 Å². The van der Waals surface area contributed by atoms with Crippen LogP contribution < -0.4 is 9.44 Å². The van der Waals surface area contributed by atoms with Gasteiger partial charge >= 0.3 is 0 Å². The first kappa shape index (κ1) is 19.8. The maximum atomic E-state index is 3.38. The summed E-state index contributed by atoms with van der Waals surface area (Å²) in [6.45, 7) is 0. The largest absolute Gasteiger partial charge is 0.326 e. The van der Waals surface area contributed by atoms with Gasteiger partial charge in [0.1, 0.15) is 0 Å². The molecule has 0 saturated heterocycles. The van der Waals surface area contributed by atoms with Gasteiger partial charge in [-0.05, 0) is 96.7 Å². The smallest absolute Gasteiger partial charge is 0.0443 e. The van der Waals surface area contributed by atoms with Crippen molar-refractivity contribution >= 4 is 47.0 Å². The number of hydrogen-bond acceptors (Lipinski definition) is 5. The second-order valence-electron chi connectivity index (χ2n) is 6.19. The summed E-state index contributed by atoms with van der Waals surface area (Å²) in [7, 11) is 0. The monoisotopic (exact) mass is 432 g/mol. The number of anilines is 2. The van der Waals surface area contributed by atoms with E-state index >= 15 is 0 Å². The Morgan fingerprint density at radius 2 is 0.759 bits per heavy atom. The lowest BCUT2D eigenvalue weighted by atomic mass is 10.3. The predicted octanol–water partition coefficient (Wildman–Crippen LogP) is 8.08. The van der Waals surface area contributed by atoms with E-state index in [0.717, 1.165) is 11.4 Å². The number of rotatable bonds is 8. The summed E-state index contributed by atoms with van der Waals surface area (Å²) in [4.78, 5) is 4.84. The Morgan fingerprint density at radius 1 is 0.379 bits per heavy atom. The molecule has 0 atom stereocenters. The van der Waals surface area contributed by atoms with Crippen LogP contribution in [0.2, 0.25) is 0 Å². The van der Waals surface area contributed by atoms with Gasteiger partial charge in [0.2, 0.25) is 0 Å². The van der Waals surface area contributed by atoms with Crippen molar-refractivity contribution in [2.24, 2.45) is 0 Å². The number of benzene rings is 4. The van der Waals surface area contributed by atoms with Gasteiger partial charge in [-0.1, -0.05) is 48.2 Å². The summed E-state index contributed by atoms with van der Waals surface area (Å²) in [5, 5.41) is 0. The lowest BCUT2D eigenvalue weighted by Crippen LogP contribution is -1.87. The molecule has 0 aliphatic rings. The van der Waals surface area contributed by atoms with Gasteiger partial charge in [-0.2, -0.15) is 0 Å². The molecule has 144 valence electrons. The molecule has 0 radical (unpaired) electrons. The fraction of sp³-hybridized carbons (Fsp3) is 0. The lowest BCUT2D eigenvalue weighted by Gasteiger charge is -2.08. The van der Waals surface area contributed by atoms with Crippen LogP contribution in [0.3, 0.4) is 0 Å². The Bertz CT molecular complexity index is 920. The van der Waals surface area contributed by atoms with Crippen LogP contribution in [0.15, 0.2) is 129 Å². The highest BCUT2D eigenvalue weighted by Gasteiger charge is 2.01. The predicted molar refractivity (Wildman–Crippen MR) is 129 cm³/mol. The van der Waals surface area contributed by atoms with Crippen molar-refractivity contribution in [1.29, 1.82) is 0 Å². The van der Waals surface area contributed by atoms with Crippen molar-refractivity contribution in [2.75, 3.05) is 9.44 Å². The minimum Gasteiger partial charge on any atom is -0.326 e. The van der Waals surface area contributed by atoms with Crippen LogP contribution >= 0.6 is 35.7 Å². The van der Waals surface area contributed by atoms with E-state index in [4.69, 9.17) is 0 Å². The molecule has 0 aliphatic heterocycles. The minimum atomic E-state index is 1.10. The molecule has 29 heavy (non-hydrogen) atoms. The van der Waals surface area contributed by atoms with E-state index in [1.54, 1.807) is 35.7 Å². The molecular weight excluding hydrogens is 412 g/mol. The summed E-state index contributed by atoms with van der Waals surface area (Å²) in [6, 6.07) is 37.7. The molecule has 0 spiro atoms.